The zero-order chi connectivity index (χ0) is 13.2. The van der Waals surface area contributed by atoms with Gasteiger partial charge >= 0.3 is 5.97 Å². The van der Waals surface area contributed by atoms with Crippen LogP contribution in [0.25, 0.3) is 0 Å². The lowest BCUT2D eigenvalue weighted by molar-refractivity contribution is -0.147. The van der Waals surface area contributed by atoms with Crippen molar-refractivity contribution >= 4 is 5.97 Å². The van der Waals surface area contributed by atoms with Crippen LogP contribution in [0.15, 0.2) is 0 Å². The van der Waals surface area contributed by atoms with E-state index in [1.807, 2.05) is 0 Å². The van der Waals surface area contributed by atoms with Crippen LogP contribution >= 0.6 is 0 Å². The van der Waals surface area contributed by atoms with Gasteiger partial charge in [0, 0.05) is 13.1 Å². The molecule has 4 nitrogen and oxygen atoms in total. The van der Waals surface area contributed by atoms with Crippen LogP contribution in [0.5, 0.6) is 0 Å². The van der Waals surface area contributed by atoms with Crippen molar-refractivity contribution in [2.75, 3.05) is 33.3 Å². The van der Waals surface area contributed by atoms with E-state index >= 15 is 0 Å². The van der Waals surface area contributed by atoms with Gasteiger partial charge in [0.15, 0.2) is 0 Å². The Morgan fingerprint density at radius 2 is 2.21 bits per heavy atom. The summed E-state index contributed by atoms with van der Waals surface area (Å²) in [6.45, 7) is 4.45. The molecule has 0 amide bonds. The van der Waals surface area contributed by atoms with E-state index in [1.54, 1.807) is 0 Å². The molecule has 2 aliphatic heterocycles. The van der Waals surface area contributed by atoms with E-state index in [0.29, 0.717) is 11.8 Å². The fourth-order valence-electron chi connectivity index (χ4n) is 4.44. The lowest BCUT2D eigenvalue weighted by atomic mass is 9.93. The topological polar surface area (TPSA) is 41.6 Å². The number of ether oxygens (including phenoxy) is 1. The SMILES string of the molecule is COC(=O)C1C2CCCC2CN1CC1CCCNC1. The number of hydrogen-bond acceptors (Lipinski definition) is 4. The Labute approximate surface area is 115 Å². The van der Waals surface area contributed by atoms with E-state index in [2.05, 4.69) is 10.2 Å². The summed E-state index contributed by atoms with van der Waals surface area (Å²) in [6.07, 6.45) is 6.38. The molecule has 3 aliphatic rings. The maximum atomic E-state index is 12.1. The standard InChI is InChI=1S/C15H26N2O2/c1-19-15(18)14-13-6-2-5-12(13)10-17(14)9-11-4-3-7-16-8-11/h11-14,16H,2-10H2,1H3. The lowest BCUT2D eigenvalue weighted by Gasteiger charge is -2.31. The number of carbonyl (C=O) groups is 1. The first-order valence-electron chi connectivity index (χ1n) is 7.82. The van der Waals surface area contributed by atoms with Gasteiger partial charge in [-0.1, -0.05) is 6.42 Å². The summed E-state index contributed by atoms with van der Waals surface area (Å²) in [7, 11) is 1.53. The fourth-order valence-corrected chi connectivity index (χ4v) is 4.44. The Kier molecular flexibility index (Phi) is 4.08. The molecule has 4 atom stereocenters. The summed E-state index contributed by atoms with van der Waals surface area (Å²) in [5.74, 6) is 2.00. The van der Waals surface area contributed by atoms with Crippen LogP contribution < -0.4 is 5.32 Å². The highest BCUT2D eigenvalue weighted by Gasteiger charge is 2.48. The van der Waals surface area contributed by atoms with Crippen molar-refractivity contribution in [3.05, 3.63) is 0 Å². The molecule has 2 saturated heterocycles. The summed E-state index contributed by atoms with van der Waals surface area (Å²) in [6, 6.07) is 0.0411. The minimum absolute atomic E-state index is 0.00170. The van der Waals surface area contributed by atoms with Gasteiger partial charge in [-0.3, -0.25) is 9.69 Å². The molecule has 0 aromatic rings. The van der Waals surface area contributed by atoms with Crippen molar-refractivity contribution in [3.63, 3.8) is 0 Å². The first-order chi connectivity index (χ1) is 9.29. The van der Waals surface area contributed by atoms with Crippen LogP contribution in [0.2, 0.25) is 0 Å². The maximum Gasteiger partial charge on any atom is 0.323 e. The molecule has 0 bridgehead atoms. The molecule has 4 unspecified atom stereocenters. The fraction of sp³-hybridized carbons (Fsp3) is 0.933. The summed E-state index contributed by atoms with van der Waals surface area (Å²) >= 11 is 0. The number of likely N-dealkylation sites (tertiary alicyclic amines) is 1. The minimum atomic E-state index is -0.00170. The summed E-state index contributed by atoms with van der Waals surface area (Å²) in [5.41, 5.74) is 0. The Bertz CT molecular complexity index is 328. The number of rotatable bonds is 3. The molecule has 0 aromatic heterocycles. The van der Waals surface area contributed by atoms with Crippen LogP contribution in [0.3, 0.4) is 0 Å². The average molecular weight is 266 g/mol. The van der Waals surface area contributed by atoms with Gasteiger partial charge in [-0.15, -0.1) is 0 Å². The zero-order valence-corrected chi connectivity index (χ0v) is 11.9. The molecule has 3 fully saturated rings. The van der Waals surface area contributed by atoms with E-state index in [1.165, 1.54) is 39.2 Å². The minimum Gasteiger partial charge on any atom is -0.468 e. The van der Waals surface area contributed by atoms with E-state index in [-0.39, 0.29) is 12.0 Å². The quantitative estimate of drug-likeness (QED) is 0.781. The molecular weight excluding hydrogens is 240 g/mol. The number of esters is 1. The van der Waals surface area contributed by atoms with Crippen LogP contribution in [0.1, 0.15) is 32.1 Å². The van der Waals surface area contributed by atoms with Crippen LogP contribution in [0, 0.1) is 17.8 Å². The van der Waals surface area contributed by atoms with Crippen molar-refractivity contribution in [1.82, 2.24) is 10.2 Å². The highest BCUT2D eigenvalue weighted by molar-refractivity contribution is 5.76. The Hall–Kier alpha value is -0.610. The number of hydrogen-bond donors (Lipinski definition) is 1. The van der Waals surface area contributed by atoms with Crippen LogP contribution in [-0.2, 0) is 9.53 Å². The van der Waals surface area contributed by atoms with Gasteiger partial charge in [-0.05, 0) is 56.5 Å². The van der Waals surface area contributed by atoms with E-state index < -0.39 is 0 Å². The largest absolute Gasteiger partial charge is 0.468 e. The molecule has 108 valence electrons. The Balaban J connectivity index is 1.66. The second kappa shape index (κ2) is 5.80. The average Bonchev–Trinajstić information content (AvgIpc) is 2.99. The molecule has 2 heterocycles. The smallest absolute Gasteiger partial charge is 0.323 e. The molecule has 0 aromatic carbocycles. The van der Waals surface area contributed by atoms with Crippen molar-refractivity contribution < 1.29 is 9.53 Å². The number of fused-ring (bicyclic) bond motifs is 1. The van der Waals surface area contributed by atoms with Crippen molar-refractivity contribution in [2.45, 2.75) is 38.1 Å². The second-order valence-electron chi connectivity index (χ2n) is 6.49. The summed E-state index contributed by atoms with van der Waals surface area (Å²) in [4.78, 5) is 14.6. The highest BCUT2D eigenvalue weighted by atomic mass is 16.5. The normalized spacial score (nSPS) is 39.2. The number of methoxy groups -OCH3 is 1. The van der Waals surface area contributed by atoms with Crippen molar-refractivity contribution in [3.8, 4) is 0 Å². The molecule has 1 saturated carbocycles. The number of carbonyl (C=O) groups excluding carboxylic acids is 1. The maximum absolute atomic E-state index is 12.1. The molecule has 1 N–H and O–H groups in total. The van der Waals surface area contributed by atoms with Crippen LogP contribution in [-0.4, -0.2) is 50.2 Å². The zero-order valence-electron chi connectivity index (χ0n) is 11.9. The lowest BCUT2D eigenvalue weighted by Crippen LogP contribution is -2.45. The summed E-state index contributed by atoms with van der Waals surface area (Å²) in [5, 5.41) is 3.47. The van der Waals surface area contributed by atoms with Gasteiger partial charge in [0.1, 0.15) is 6.04 Å². The van der Waals surface area contributed by atoms with Gasteiger partial charge in [-0.2, -0.15) is 0 Å². The van der Waals surface area contributed by atoms with Gasteiger partial charge in [0.2, 0.25) is 0 Å². The van der Waals surface area contributed by atoms with Crippen molar-refractivity contribution in [1.29, 1.82) is 0 Å². The molecule has 4 heteroatoms. The third-order valence-electron chi connectivity index (χ3n) is 5.32. The number of piperidine rings is 1. The van der Waals surface area contributed by atoms with Gasteiger partial charge in [0.25, 0.3) is 0 Å². The Morgan fingerprint density at radius 3 is 2.95 bits per heavy atom. The van der Waals surface area contributed by atoms with Crippen LogP contribution in [0.4, 0.5) is 0 Å². The molecule has 3 rings (SSSR count). The van der Waals surface area contributed by atoms with E-state index in [4.69, 9.17) is 4.74 Å². The highest BCUT2D eigenvalue weighted by Crippen LogP contribution is 2.42. The van der Waals surface area contributed by atoms with Gasteiger partial charge in [-0.25, -0.2) is 0 Å². The third kappa shape index (κ3) is 2.65. The Morgan fingerprint density at radius 1 is 1.32 bits per heavy atom. The first kappa shape index (κ1) is 13.4. The predicted octanol–water partition coefficient (Wildman–Crippen LogP) is 1.26. The third-order valence-corrected chi connectivity index (χ3v) is 5.32. The van der Waals surface area contributed by atoms with Gasteiger partial charge < -0.3 is 10.1 Å². The monoisotopic (exact) mass is 266 g/mol. The molecular formula is C15H26N2O2. The van der Waals surface area contributed by atoms with E-state index in [0.717, 1.165) is 32.1 Å². The first-order valence-corrected chi connectivity index (χ1v) is 7.82. The van der Waals surface area contributed by atoms with Gasteiger partial charge in [0.05, 0.1) is 7.11 Å². The van der Waals surface area contributed by atoms with E-state index in [9.17, 15) is 4.79 Å². The molecule has 1 aliphatic carbocycles. The number of nitrogens with zero attached hydrogens (tertiary/aromatic N) is 1. The molecule has 19 heavy (non-hydrogen) atoms. The summed E-state index contributed by atoms with van der Waals surface area (Å²) < 4.78 is 5.07. The molecule has 0 radical (unpaired) electrons. The second-order valence-corrected chi connectivity index (χ2v) is 6.49. The number of nitrogens with one attached hydrogen (secondary N) is 1. The van der Waals surface area contributed by atoms with Crippen molar-refractivity contribution in [2.24, 2.45) is 17.8 Å². The molecule has 0 spiro atoms. The predicted molar refractivity (Wildman–Crippen MR) is 73.8 cm³/mol.